The molecule has 0 unspecified atom stereocenters. The lowest BCUT2D eigenvalue weighted by Crippen LogP contribution is -2.26. The van der Waals surface area contributed by atoms with Crippen molar-refractivity contribution in [1.29, 1.82) is 0 Å². The topological polar surface area (TPSA) is 41.6 Å². The minimum absolute atomic E-state index is 0.153. The van der Waals surface area contributed by atoms with Crippen molar-refractivity contribution in [1.82, 2.24) is 5.48 Å². The lowest BCUT2D eigenvalue weighted by Gasteiger charge is -2.22. The van der Waals surface area contributed by atoms with E-state index in [1.807, 2.05) is 0 Å². The third-order valence-corrected chi connectivity index (χ3v) is 4.62. The molecule has 0 saturated heterocycles. The maximum absolute atomic E-state index is 14.5. The number of nitrogens with one attached hydrogen (secondary N) is 1. The van der Waals surface area contributed by atoms with E-state index in [0.29, 0.717) is 29.3 Å². The molecule has 2 aromatic rings. The van der Waals surface area contributed by atoms with Crippen molar-refractivity contribution >= 4 is 29.1 Å². The van der Waals surface area contributed by atoms with Gasteiger partial charge in [0.25, 0.3) is 5.91 Å². The predicted octanol–water partition coefficient (Wildman–Crippen LogP) is 4.62. The Morgan fingerprint density at radius 3 is 2.74 bits per heavy atom. The molecule has 0 radical (unpaired) electrons. The van der Waals surface area contributed by atoms with E-state index in [-0.39, 0.29) is 5.56 Å². The summed E-state index contributed by atoms with van der Waals surface area (Å²) in [4.78, 5) is 17.6. The Balaban J connectivity index is 1.93. The first-order chi connectivity index (χ1) is 12.9. The monoisotopic (exact) mass is 390 g/mol. The minimum Gasteiger partial charge on any atom is -0.273 e. The van der Waals surface area contributed by atoms with Gasteiger partial charge < -0.3 is 0 Å². The quantitative estimate of drug-likeness (QED) is 0.444. The summed E-state index contributed by atoms with van der Waals surface area (Å²) >= 11 is 6.31. The second kappa shape index (κ2) is 7.95. The fourth-order valence-electron chi connectivity index (χ4n) is 2.57. The maximum atomic E-state index is 14.5. The van der Waals surface area contributed by atoms with E-state index >= 15 is 0 Å². The maximum Gasteiger partial charge on any atom is 0.277 e. The Morgan fingerprint density at radius 2 is 2.11 bits per heavy atom. The number of benzene rings is 2. The molecule has 4 nitrogen and oxygen atoms in total. The number of hydroxylamine groups is 1. The van der Waals surface area contributed by atoms with Gasteiger partial charge >= 0.3 is 0 Å². The smallest absolute Gasteiger partial charge is 0.273 e. The third kappa shape index (κ3) is 4.21. The summed E-state index contributed by atoms with van der Waals surface area (Å²) in [6.07, 6.45) is 7.46. The number of anilines is 2. The van der Waals surface area contributed by atoms with Gasteiger partial charge in [-0.3, -0.25) is 9.63 Å². The van der Waals surface area contributed by atoms with Crippen molar-refractivity contribution in [2.75, 3.05) is 11.0 Å². The van der Waals surface area contributed by atoms with Crippen LogP contribution in [0.1, 0.15) is 34.3 Å². The second-order valence-corrected chi connectivity index (χ2v) is 6.71. The average molecular weight is 391 g/mol. The molecule has 1 amide bonds. The molecule has 1 N–H and O–H groups in total. The van der Waals surface area contributed by atoms with Crippen LogP contribution in [0, 0.1) is 36.8 Å². The van der Waals surface area contributed by atoms with E-state index < -0.39 is 23.2 Å². The van der Waals surface area contributed by atoms with Crippen LogP contribution in [0.5, 0.6) is 0 Å². The van der Waals surface area contributed by atoms with Crippen molar-refractivity contribution < 1.29 is 18.4 Å². The van der Waals surface area contributed by atoms with Gasteiger partial charge in [0.1, 0.15) is 5.69 Å². The molecule has 2 aromatic carbocycles. The molecule has 0 aromatic heterocycles. The van der Waals surface area contributed by atoms with Gasteiger partial charge in [-0.05, 0) is 61.6 Å². The molecule has 27 heavy (non-hydrogen) atoms. The summed E-state index contributed by atoms with van der Waals surface area (Å²) in [5.41, 5.74) is 3.33. The van der Waals surface area contributed by atoms with Gasteiger partial charge in [-0.2, -0.15) is 0 Å². The number of amides is 1. The predicted molar refractivity (Wildman–Crippen MR) is 99.6 cm³/mol. The number of aryl methyl sites for hydroxylation is 1. The van der Waals surface area contributed by atoms with Crippen molar-refractivity contribution in [3.05, 3.63) is 58.7 Å². The number of carbonyl (C=O) groups excluding carboxylic acids is 1. The van der Waals surface area contributed by atoms with Crippen LogP contribution in [0.4, 0.5) is 20.2 Å². The number of hydrogen-bond donors (Lipinski definition) is 1. The number of hydrogen-bond acceptors (Lipinski definition) is 3. The molecule has 1 fully saturated rings. The molecule has 140 valence electrons. The van der Waals surface area contributed by atoms with Crippen molar-refractivity contribution in [3.8, 4) is 12.3 Å². The van der Waals surface area contributed by atoms with E-state index in [9.17, 15) is 13.6 Å². The van der Waals surface area contributed by atoms with Gasteiger partial charge in [0, 0.05) is 17.3 Å². The van der Waals surface area contributed by atoms with Crippen LogP contribution in [0.3, 0.4) is 0 Å². The fraction of sp³-hybridized carbons (Fsp3) is 0.250. The van der Waals surface area contributed by atoms with E-state index in [4.69, 9.17) is 23.0 Å². The van der Waals surface area contributed by atoms with Crippen LogP contribution in [0.15, 0.2) is 30.3 Å². The SMILES string of the molecule is C#Cc1ccc(N(Cl)c2c(C(=O)NOCC3CC3)ccc(F)c2F)c(C)c1. The van der Waals surface area contributed by atoms with Crippen LogP contribution in [-0.2, 0) is 4.84 Å². The van der Waals surface area contributed by atoms with E-state index in [1.54, 1.807) is 25.1 Å². The standard InChI is InChI=1S/C20H17ClF2N2O2/c1-3-13-6-9-17(12(2)10-13)25(21)19-15(7-8-16(22)18(19)23)20(26)24-27-11-14-4-5-14/h1,6-10,14H,4-5,11H2,2H3,(H,24,26). The normalized spacial score (nSPS) is 13.1. The summed E-state index contributed by atoms with van der Waals surface area (Å²) in [7, 11) is 0. The van der Waals surface area contributed by atoms with E-state index in [0.717, 1.165) is 29.4 Å². The highest BCUT2D eigenvalue weighted by Crippen LogP contribution is 2.36. The summed E-state index contributed by atoms with van der Waals surface area (Å²) in [6.45, 7) is 2.10. The molecule has 0 atom stereocenters. The number of rotatable bonds is 6. The van der Waals surface area contributed by atoms with Crippen LogP contribution >= 0.6 is 11.8 Å². The number of terminal acetylenes is 1. The van der Waals surface area contributed by atoms with Gasteiger partial charge in [-0.15, -0.1) is 6.42 Å². The number of halogens is 3. The summed E-state index contributed by atoms with van der Waals surface area (Å²) in [6, 6.07) is 6.90. The molecular weight excluding hydrogens is 374 g/mol. The van der Waals surface area contributed by atoms with Gasteiger partial charge in [0.15, 0.2) is 11.6 Å². The van der Waals surface area contributed by atoms with Gasteiger partial charge in [-0.1, -0.05) is 5.92 Å². The molecule has 1 aliphatic rings. The number of carbonyl (C=O) groups is 1. The molecule has 0 heterocycles. The Kier molecular flexibility index (Phi) is 5.64. The molecule has 0 spiro atoms. The van der Waals surface area contributed by atoms with Crippen molar-refractivity contribution in [2.45, 2.75) is 19.8 Å². The zero-order chi connectivity index (χ0) is 19.6. The van der Waals surface area contributed by atoms with Gasteiger partial charge in [-0.25, -0.2) is 18.7 Å². The minimum atomic E-state index is -1.24. The first kappa shape index (κ1) is 19.2. The Bertz CT molecular complexity index is 923. The average Bonchev–Trinajstić information content (AvgIpc) is 3.47. The largest absolute Gasteiger partial charge is 0.277 e. The Labute approximate surface area is 161 Å². The van der Waals surface area contributed by atoms with Crippen LogP contribution in [0.2, 0.25) is 0 Å². The lowest BCUT2D eigenvalue weighted by atomic mass is 10.1. The van der Waals surface area contributed by atoms with Crippen molar-refractivity contribution in [2.24, 2.45) is 5.92 Å². The zero-order valence-electron chi connectivity index (χ0n) is 14.6. The fourth-order valence-corrected chi connectivity index (χ4v) is 2.92. The van der Waals surface area contributed by atoms with Crippen LogP contribution in [0.25, 0.3) is 0 Å². The van der Waals surface area contributed by atoms with E-state index in [1.165, 1.54) is 0 Å². The molecule has 0 bridgehead atoms. The third-order valence-electron chi connectivity index (χ3n) is 4.27. The molecule has 0 aliphatic heterocycles. The summed E-state index contributed by atoms with van der Waals surface area (Å²) in [5, 5.41) is 0. The van der Waals surface area contributed by atoms with Gasteiger partial charge in [0.2, 0.25) is 0 Å². The number of nitrogens with zero attached hydrogens (tertiary/aromatic N) is 1. The summed E-state index contributed by atoms with van der Waals surface area (Å²) in [5.74, 6) is -0.160. The highest BCUT2D eigenvalue weighted by molar-refractivity contribution is 6.30. The van der Waals surface area contributed by atoms with Gasteiger partial charge in [0.05, 0.1) is 17.9 Å². The Hall–Kier alpha value is -2.62. The zero-order valence-corrected chi connectivity index (χ0v) is 15.3. The van der Waals surface area contributed by atoms with Crippen LogP contribution < -0.4 is 9.90 Å². The van der Waals surface area contributed by atoms with Crippen molar-refractivity contribution in [3.63, 3.8) is 0 Å². The Morgan fingerprint density at radius 1 is 1.37 bits per heavy atom. The summed E-state index contributed by atoms with van der Waals surface area (Å²) < 4.78 is 29.3. The molecule has 1 aliphatic carbocycles. The lowest BCUT2D eigenvalue weighted by molar-refractivity contribution is 0.0270. The first-order valence-corrected chi connectivity index (χ1v) is 8.69. The molecule has 3 rings (SSSR count). The van der Waals surface area contributed by atoms with Crippen LogP contribution in [-0.4, -0.2) is 12.5 Å². The van der Waals surface area contributed by atoms with E-state index in [2.05, 4.69) is 11.4 Å². The molecule has 1 saturated carbocycles. The second-order valence-electron chi connectivity index (χ2n) is 6.37. The molecule has 7 heteroatoms. The first-order valence-electron chi connectivity index (χ1n) is 8.35. The highest BCUT2D eigenvalue weighted by Gasteiger charge is 2.26. The highest BCUT2D eigenvalue weighted by atomic mass is 35.5. The molecular formula is C20H17ClF2N2O2.